The van der Waals surface area contributed by atoms with Crippen molar-refractivity contribution < 1.29 is 0 Å². The van der Waals surface area contributed by atoms with Crippen molar-refractivity contribution in [1.29, 1.82) is 5.41 Å². The van der Waals surface area contributed by atoms with Gasteiger partial charge in [0.15, 0.2) is 0 Å². The van der Waals surface area contributed by atoms with Crippen LogP contribution in [-0.4, -0.2) is 38.0 Å². The van der Waals surface area contributed by atoms with Crippen LogP contribution in [0.2, 0.25) is 5.32 Å². The van der Waals surface area contributed by atoms with Gasteiger partial charge < -0.3 is 0 Å². The number of rotatable bonds is 0. The summed E-state index contributed by atoms with van der Waals surface area (Å²) in [6.45, 7) is 0. The van der Waals surface area contributed by atoms with E-state index in [1.54, 1.807) is 12.1 Å². The number of hydrogen-bond acceptors (Lipinski definition) is 2. The fourth-order valence-electron chi connectivity index (χ4n) is 0.418. The minimum atomic E-state index is 0.344. The first-order chi connectivity index (χ1) is 3.80. The predicted molar refractivity (Wildman–Crippen MR) is 34.5 cm³/mol. The van der Waals surface area contributed by atoms with Crippen LogP contribution in [0.5, 0.6) is 0 Å². The molecule has 0 bridgehead atoms. The van der Waals surface area contributed by atoms with Gasteiger partial charge in [0.25, 0.3) is 0 Å². The van der Waals surface area contributed by atoms with Crippen LogP contribution in [0, 0.1) is 5.41 Å². The van der Waals surface area contributed by atoms with E-state index < -0.39 is 0 Å². The van der Waals surface area contributed by atoms with Gasteiger partial charge in [0, 0.05) is 0 Å². The molecule has 0 saturated carbocycles. The first-order valence-electron chi connectivity index (χ1n) is 2.28. The van der Waals surface area contributed by atoms with E-state index >= 15 is 0 Å². The van der Waals surface area contributed by atoms with Crippen LogP contribution < -0.4 is 0 Å². The third-order valence-electron chi connectivity index (χ3n) is 0.843. The van der Waals surface area contributed by atoms with Crippen LogP contribution in [-0.2, 0) is 0 Å². The maximum absolute atomic E-state index is 7.23. The second-order valence-electron chi connectivity index (χ2n) is 1.44. The molecule has 0 aliphatic carbocycles. The van der Waals surface area contributed by atoms with Crippen LogP contribution in [0.4, 0.5) is 0 Å². The third-order valence-corrected chi connectivity index (χ3v) is 2.63. The van der Waals surface area contributed by atoms with E-state index in [2.05, 4.69) is 5.10 Å². The monoisotopic (exact) mass is 177 g/mol. The normalized spacial score (nSPS) is 19.6. The molecule has 4 heteroatoms. The van der Waals surface area contributed by atoms with Crippen molar-refractivity contribution in [1.82, 2.24) is 5.01 Å². The number of nitrogens with zero attached hydrogens (tertiary/aromatic N) is 2. The molecule has 8 heavy (non-hydrogen) atoms. The van der Waals surface area contributed by atoms with Gasteiger partial charge in [-0.3, -0.25) is 0 Å². The first-order valence-corrected chi connectivity index (χ1v) is 4.35. The molecule has 1 aliphatic rings. The molecule has 1 aliphatic heterocycles. The van der Waals surface area contributed by atoms with E-state index in [9.17, 15) is 0 Å². The van der Waals surface area contributed by atoms with Gasteiger partial charge in [-0.1, -0.05) is 0 Å². The fourth-order valence-corrected chi connectivity index (χ4v) is 1.54. The Kier molecular flexibility index (Phi) is 1.65. The molecular weight excluding hydrogens is 169 g/mol. The van der Waals surface area contributed by atoms with E-state index in [-0.39, 0.29) is 0 Å². The maximum atomic E-state index is 7.23. The third kappa shape index (κ3) is 1.08. The fraction of sp³-hybridized carbons (Fsp3) is 0.500. The van der Waals surface area contributed by atoms with Crippen molar-refractivity contribution in [2.24, 2.45) is 5.10 Å². The van der Waals surface area contributed by atoms with Gasteiger partial charge in [-0.05, 0) is 0 Å². The zero-order chi connectivity index (χ0) is 5.98. The summed E-state index contributed by atoms with van der Waals surface area (Å²) in [6, 6.07) is 0. The van der Waals surface area contributed by atoms with Gasteiger partial charge in [-0.15, -0.1) is 0 Å². The summed E-state index contributed by atoms with van der Waals surface area (Å²) in [4.78, 5) is 0. The number of nitrogens with one attached hydrogen (secondary N) is 1. The molecule has 1 heterocycles. The van der Waals surface area contributed by atoms with E-state index in [1.807, 2.05) is 6.21 Å². The summed E-state index contributed by atoms with van der Waals surface area (Å²) in [5.74, 6) is 0. The van der Waals surface area contributed by atoms with Crippen molar-refractivity contribution in [2.75, 3.05) is 7.05 Å². The Balaban J connectivity index is 2.60. The average molecular weight is 176 g/mol. The Morgan fingerprint density at radius 3 is 3.12 bits per heavy atom. The molecule has 0 amide bonds. The zero-order valence-electron chi connectivity index (χ0n) is 4.59. The van der Waals surface area contributed by atoms with Crippen LogP contribution in [0.1, 0.15) is 0 Å². The quantitative estimate of drug-likeness (QED) is 0.517. The summed E-state index contributed by atoms with van der Waals surface area (Å²) in [5, 5.41) is 13.7. The number of amidine groups is 1. The van der Waals surface area contributed by atoms with Crippen molar-refractivity contribution in [3.8, 4) is 0 Å². The molecule has 0 spiro atoms. The Hall–Kier alpha value is -0.341. The predicted octanol–water partition coefficient (Wildman–Crippen LogP) is -0.0251. The molecule has 1 rings (SSSR count). The van der Waals surface area contributed by atoms with Gasteiger partial charge in [0.1, 0.15) is 0 Å². The summed E-state index contributed by atoms with van der Waals surface area (Å²) in [5.41, 5.74) is 0. The molecule has 0 aromatic carbocycles. The van der Waals surface area contributed by atoms with Gasteiger partial charge >= 0.3 is 53.8 Å². The molecular formula is C4H7N3Se. The molecule has 0 unspecified atom stereocenters. The minimum absolute atomic E-state index is 0.344. The van der Waals surface area contributed by atoms with Gasteiger partial charge in [-0.2, -0.15) is 0 Å². The summed E-state index contributed by atoms with van der Waals surface area (Å²) in [7, 11) is 1.81. The van der Waals surface area contributed by atoms with Gasteiger partial charge in [-0.25, -0.2) is 0 Å². The molecule has 0 saturated heterocycles. The zero-order valence-corrected chi connectivity index (χ0v) is 6.30. The number of hydrazone groups is 1. The standard InChI is InChI=1S/C4H7N3Se/c1-7-4(5)8-3-2-6-7/h2,5H,3H2,1H3. The molecule has 0 aromatic heterocycles. The molecule has 3 nitrogen and oxygen atoms in total. The van der Waals surface area contributed by atoms with Crippen molar-refractivity contribution in [2.45, 2.75) is 5.32 Å². The second-order valence-corrected chi connectivity index (χ2v) is 3.55. The van der Waals surface area contributed by atoms with E-state index in [0.717, 1.165) is 5.32 Å². The molecule has 0 radical (unpaired) electrons. The Labute approximate surface area is 54.4 Å². The molecule has 1 N–H and O–H groups in total. The van der Waals surface area contributed by atoms with E-state index in [1.165, 1.54) is 0 Å². The van der Waals surface area contributed by atoms with E-state index in [0.29, 0.717) is 19.7 Å². The Morgan fingerprint density at radius 1 is 2.00 bits per heavy atom. The molecule has 0 atom stereocenters. The molecule has 44 valence electrons. The van der Waals surface area contributed by atoms with Crippen molar-refractivity contribution >= 4 is 25.9 Å². The SMILES string of the molecule is CN1N=CC[Se]C1=N. The first kappa shape index (κ1) is 5.79. The topological polar surface area (TPSA) is 39.5 Å². The Bertz CT molecular complexity index is 131. The van der Waals surface area contributed by atoms with Crippen LogP contribution in [0.25, 0.3) is 0 Å². The summed E-state index contributed by atoms with van der Waals surface area (Å²) < 4.78 is 0.667. The van der Waals surface area contributed by atoms with Crippen LogP contribution in [0.3, 0.4) is 0 Å². The molecule has 0 aromatic rings. The van der Waals surface area contributed by atoms with Crippen LogP contribution >= 0.6 is 0 Å². The second kappa shape index (κ2) is 2.29. The Morgan fingerprint density at radius 2 is 2.75 bits per heavy atom. The summed E-state index contributed by atoms with van der Waals surface area (Å²) >= 11 is 0.344. The molecule has 0 fully saturated rings. The van der Waals surface area contributed by atoms with E-state index in [4.69, 9.17) is 5.41 Å². The van der Waals surface area contributed by atoms with Crippen molar-refractivity contribution in [3.63, 3.8) is 0 Å². The van der Waals surface area contributed by atoms with Crippen molar-refractivity contribution in [3.05, 3.63) is 0 Å². The van der Waals surface area contributed by atoms with Crippen LogP contribution in [0.15, 0.2) is 5.10 Å². The van der Waals surface area contributed by atoms with Gasteiger partial charge in [0.2, 0.25) is 0 Å². The number of hydrogen-bond donors (Lipinski definition) is 1. The van der Waals surface area contributed by atoms with Gasteiger partial charge in [0.05, 0.1) is 0 Å². The average Bonchev–Trinajstić information content (AvgIpc) is 1.77. The summed E-state index contributed by atoms with van der Waals surface area (Å²) in [6.07, 6.45) is 1.86.